The highest BCUT2D eigenvalue weighted by atomic mass is 16.5. The molecule has 1 atom stereocenters. The van der Waals surface area contributed by atoms with Crippen LogP contribution in [0.3, 0.4) is 0 Å². The number of ether oxygens (including phenoxy) is 2. The summed E-state index contributed by atoms with van der Waals surface area (Å²) in [6.07, 6.45) is -0.658. The van der Waals surface area contributed by atoms with Gasteiger partial charge >= 0.3 is 12.0 Å². The van der Waals surface area contributed by atoms with E-state index in [9.17, 15) is 9.59 Å². The number of methoxy groups -OCH3 is 1. The maximum Gasteiger partial charge on any atom is 0.318 e. The lowest BCUT2D eigenvalue weighted by molar-refractivity contribution is -0.139. The van der Waals surface area contributed by atoms with E-state index in [1.165, 1.54) is 7.11 Å². The molecule has 1 rings (SSSR count). The van der Waals surface area contributed by atoms with Crippen LogP contribution in [0, 0.1) is 0 Å². The molecular formula is C12H22N2O5. The van der Waals surface area contributed by atoms with Crippen LogP contribution in [-0.2, 0) is 14.3 Å². The molecule has 0 aromatic heterocycles. The van der Waals surface area contributed by atoms with Gasteiger partial charge in [-0.05, 0) is 13.8 Å². The van der Waals surface area contributed by atoms with Crippen LogP contribution in [0.4, 0.5) is 4.79 Å². The van der Waals surface area contributed by atoms with Crippen molar-refractivity contribution in [3.63, 3.8) is 0 Å². The third-order valence-corrected chi connectivity index (χ3v) is 3.11. The van der Waals surface area contributed by atoms with Crippen molar-refractivity contribution in [3.05, 3.63) is 0 Å². The van der Waals surface area contributed by atoms with Gasteiger partial charge in [0.2, 0.25) is 0 Å². The van der Waals surface area contributed by atoms with Crippen molar-refractivity contribution < 1.29 is 24.2 Å². The molecule has 0 saturated carbocycles. The molecule has 0 spiro atoms. The van der Waals surface area contributed by atoms with E-state index in [1.54, 1.807) is 4.90 Å². The zero-order chi connectivity index (χ0) is 14.5. The standard InChI is InChI=1S/C12H22N2O5/c1-12(2)8-19-5-4-14(12)11(17)13-7-9(18-3)6-10(15)16/h9H,4-8H2,1-3H3,(H,13,17)(H,15,16). The van der Waals surface area contributed by atoms with Crippen LogP contribution >= 0.6 is 0 Å². The molecule has 2 N–H and O–H groups in total. The Bertz CT molecular complexity index is 332. The molecule has 1 saturated heterocycles. The Morgan fingerprint density at radius 2 is 2.21 bits per heavy atom. The summed E-state index contributed by atoms with van der Waals surface area (Å²) in [5.74, 6) is -0.951. The maximum atomic E-state index is 12.1. The summed E-state index contributed by atoms with van der Waals surface area (Å²) < 4.78 is 10.4. The average Bonchev–Trinajstić information content (AvgIpc) is 2.33. The molecule has 1 unspecified atom stereocenters. The second kappa shape index (κ2) is 6.72. The number of carbonyl (C=O) groups is 2. The van der Waals surface area contributed by atoms with E-state index in [-0.39, 0.29) is 24.5 Å². The van der Waals surface area contributed by atoms with Crippen LogP contribution < -0.4 is 5.32 Å². The van der Waals surface area contributed by atoms with Gasteiger partial charge in [0.1, 0.15) is 0 Å². The van der Waals surface area contributed by atoms with Gasteiger partial charge in [-0.15, -0.1) is 0 Å². The van der Waals surface area contributed by atoms with Crippen LogP contribution in [0.2, 0.25) is 0 Å². The van der Waals surface area contributed by atoms with E-state index < -0.39 is 12.1 Å². The maximum absolute atomic E-state index is 12.1. The first-order valence-electron chi connectivity index (χ1n) is 6.24. The van der Waals surface area contributed by atoms with Crippen molar-refractivity contribution >= 4 is 12.0 Å². The summed E-state index contributed by atoms with van der Waals surface area (Å²) in [5.41, 5.74) is -0.363. The van der Waals surface area contributed by atoms with Crippen LogP contribution in [0.5, 0.6) is 0 Å². The van der Waals surface area contributed by atoms with Crippen molar-refractivity contribution in [1.82, 2.24) is 10.2 Å². The predicted molar refractivity (Wildman–Crippen MR) is 68.1 cm³/mol. The lowest BCUT2D eigenvalue weighted by Gasteiger charge is -2.42. The molecule has 110 valence electrons. The summed E-state index contributed by atoms with van der Waals surface area (Å²) >= 11 is 0. The second-order valence-corrected chi connectivity index (χ2v) is 5.16. The van der Waals surface area contributed by atoms with Gasteiger partial charge in [-0.2, -0.15) is 0 Å². The van der Waals surface area contributed by atoms with Crippen LogP contribution in [0.15, 0.2) is 0 Å². The van der Waals surface area contributed by atoms with E-state index in [2.05, 4.69) is 5.32 Å². The molecule has 1 heterocycles. The monoisotopic (exact) mass is 274 g/mol. The molecule has 19 heavy (non-hydrogen) atoms. The molecule has 7 nitrogen and oxygen atoms in total. The van der Waals surface area contributed by atoms with Crippen molar-refractivity contribution in [2.45, 2.75) is 31.9 Å². The Hall–Kier alpha value is -1.34. The van der Waals surface area contributed by atoms with E-state index in [4.69, 9.17) is 14.6 Å². The Labute approximate surface area is 112 Å². The molecule has 0 aromatic carbocycles. The molecule has 0 aromatic rings. The van der Waals surface area contributed by atoms with Gasteiger partial charge in [-0.1, -0.05) is 0 Å². The van der Waals surface area contributed by atoms with Crippen LogP contribution in [-0.4, -0.2) is 67.1 Å². The summed E-state index contributed by atoms with van der Waals surface area (Å²) in [5, 5.41) is 11.4. The van der Waals surface area contributed by atoms with E-state index in [1.807, 2.05) is 13.8 Å². The second-order valence-electron chi connectivity index (χ2n) is 5.16. The smallest absolute Gasteiger partial charge is 0.318 e. The highest BCUT2D eigenvalue weighted by Gasteiger charge is 2.34. The number of carboxylic acids is 1. The fraction of sp³-hybridized carbons (Fsp3) is 0.833. The summed E-state index contributed by atoms with van der Waals surface area (Å²) in [6, 6.07) is -0.222. The number of hydrogen-bond acceptors (Lipinski definition) is 4. The highest BCUT2D eigenvalue weighted by molar-refractivity contribution is 5.75. The first kappa shape index (κ1) is 15.7. The number of morpholine rings is 1. The normalized spacial score (nSPS) is 19.8. The summed E-state index contributed by atoms with van der Waals surface area (Å²) in [6.45, 7) is 5.56. The summed E-state index contributed by atoms with van der Waals surface area (Å²) in [4.78, 5) is 24.4. The third kappa shape index (κ3) is 4.68. The van der Waals surface area contributed by atoms with Gasteiger partial charge in [0.15, 0.2) is 0 Å². The Morgan fingerprint density at radius 1 is 1.53 bits per heavy atom. The molecule has 2 amide bonds. The van der Waals surface area contributed by atoms with Crippen molar-refractivity contribution in [1.29, 1.82) is 0 Å². The van der Waals surface area contributed by atoms with Gasteiger partial charge in [-0.3, -0.25) is 4.79 Å². The molecule has 1 fully saturated rings. The van der Waals surface area contributed by atoms with Gasteiger partial charge in [0.05, 0.1) is 31.3 Å². The van der Waals surface area contributed by atoms with Gasteiger partial charge in [-0.25, -0.2) is 4.79 Å². The first-order valence-corrected chi connectivity index (χ1v) is 6.24. The van der Waals surface area contributed by atoms with Gasteiger partial charge in [0.25, 0.3) is 0 Å². The molecule has 1 aliphatic rings. The number of nitrogens with one attached hydrogen (secondary N) is 1. The van der Waals surface area contributed by atoms with E-state index in [0.29, 0.717) is 19.8 Å². The number of carboxylic acid groups (broad SMARTS) is 1. The van der Waals surface area contributed by atoms with Crippen molar-refractivity contribution in [2.75, 3.05) is 33.4 Å². The Kier molecular flexibility index (Phi) is 5.56. The van der Waals surface area contributed by atoms with Gasteiger partial charge < -0.3 is 24.8 Å². The van der Waals surface area contributed by atoms with Crippen LogP contribution in [0.25, 0.3) is 0 Å². The van der Waals surface area contributed by atoms with Gasteiger partial charge in [0, 0.05) is 20.2 Å². The zero-order valence-electron chi connectivity index (χ0n) is 11.6. The third-order valence-electron chi connectivity index (χ3n) is 3.11. The molecular weight excluding hydrogens is 252 g/mol. The first-order chi connectivity index (χ1) is 8.86. The lowest BCUT2D eigenvalue weighted by atomic mass is 10.0. The average molecular weight is 274 g/mol. The summed E-state index contributed by atoms with van der Waals surface area (Å²) in [7, 11) is 1.43. The number of urea groups is 1. The largest absolute Gasteiger partial charge is 0.481 e. The molecule has 0 aliphatic carbocycles. The van der Waals surface area contributed by atoms with E-state index in [0.717, 1.165) is 0 Å². The number of carbonyl (C=O) groups excluding carboxylic acids is 1. The number of rotatable bonds is 5. The Balaban J connectivity index is 2.47. The molecule has 0 bridgehead atoms. The number of amides is 2. The fourth-order valence-corrected chi connectivity index (χ4v) is 1.96. The molecule has 0 radical (unpaired) electrons. The minimum absolute atomic E-state index is 0.136. The SMILES string of the molecule is COC(CNC(=O)N1CCOCC1(C)C)CC(=O)O. The van der Waals surface area contributed by atoms with Crippen molar-refractivity contribution in [3.8, 4) is 0 Å². The Morgan fingerprint density at radius 3 is 2.74 bits per heavy atom. The van der Waals surface area contributed by atoms with E-state index >= 15 is 0 Å². The zero-order valence-corrected chi connectivity index (χ0v) is 11.6. The highest BCUT2D eigenvalue weighted by Crippen LogP contribution is 2.18. The minimum Gasteiger partial charge on any atom is -0.481 e. The topological polar surface area (TPSA) is 88.1 Å². The quantitative estimate of drug-likeness (QED) is 0.752. The fourth-order valence-electron chi connectivity index (χ4n) is 1.96. The molecule has 7 heteroatoms. The number of aliphatic carboxylic acids is 1. The van der Waals surface area contributed by atoms with Crippen molar-refractivity contribution in [2.24, 2.45) is 0 Å². The molecule has 1 aliphatic heterocycles. The predicted octanol–water partition coefficient (Wildman–Crippen LogP) is 0.297. The van der Waals surface area contributed by atoms with Crippen LogP contribution in [0.1, 0.15) is 20.3 Å². The minimum atomic E-state index is -0.951. The number of nitrogens with zero attached hydrogens (tertiary/aromatic N) is 1. The number of hydrogen-bond donors (Lipinski definition) is 2. The lowest BCUT2D eigenvalue weighted by Crippen LogP contribution is -2.59.